The fraction of sp³-hybridized carbons (Fsp3) is 0.600. The molecule has 0 spiro atoms. The molecular weight excluding hydrogens is 334 g/mol. The molecule has 1 atom stereocenters. The molecule has 2 aliphatic heterocycles. The predicted octanol–water partition coefficient (Wildman–Crippen LogP) is 2.06. The SMILES string of the molecule is O=C(C1CN(c2ncccc2Br)CCO1)N1CCCCC1. The van der Waals surface area contributed by atoms with Crippen LogP contribution in [0.1, 0.15) is 19.3 Å². The Bertz CT molecular complexity index is 505. The van der Waals surface area contributed by atoms with E-state index in [2.05, 4.69) is 25.8 Å². The number of likely N-dealkylation sites (tertiary alicyclic amines) is 1. The normalized spacial score (nSPS) is 23.2. The first-order valence-electron chi connectivity index (χ1n) is 7.51. The maximum absolute atomic E-state index is 12.6. The number of anilines is 1. The lowest BCUT2D eigenvalue weighted by molar-refractivity contribution is -0.145. The van der Waals surface area contributed by atoms with Crippen LogP contribution in [0.5, 0.6) is 0 Å². The van der Waals surface area contributed by atoms with Gasteiger partial charge >= 0.3 is 0 Å². The van der Waals surface area contributed by atoms with Crippen LogP contribution in [0.25, 0.3) is 0 Å². The second kappa shape index (κ2) is 6.75. The number of hydrogen-bond acceptors (Lipinski definition) is 4. The minimum atomic E-state index is -0.370. The van der Waals surface area contributed by atoms with E-state index in [0.717, 1.165) is 42.8 Å². The minimum Gasteiger partial charge on any atom is -0.365 e. The van der Waals surface area contributed by atoms with E-state index in [1.165, 1.54) is 6.42 Å². The van der Waals surface area contributed by atoms with Gasteiger partial charge in [0.15, 0.2) is 6.10 Å². The Kier molecular flexibility index (Phi) is 4.75. The van der Waals surface area contributed by atoms with Crippen molar-refractivity contribution in [3.05, 3.63) is 22.8 Å². The Balaban J connectivity index is 1.68. The smallest absolute Gasteiger partial charge is 0.253 e. The maximum atomic E-state index is 12.6. The molecule has 0 aliphatic carbocycles. The summed E-state index contributed by atoms with van der Waals surface area (Å²) in [6, 6.07) is 3.86. The lowest BCUT2D eigenvalue weighted by Gasteiger charge is -2.36. The molecule has 2 aliphatic rings. The lowest BCUT2D eigenvalue weighted by Crippen LogP contribution is -2.52. The van der Waals surface area contributed by atoms with Crippen molar-refractivity contribution in [1.82, 2.24) is 9.88 Å². The van der Waals surface area contributed by atoms with Gasteiger partial charge in [-0.1, -0.05) is 0 Å². The number of amides is 1. The first-order valence-corrected chi connectivity index (χ1v) is 8.31. The number of aromatic nitrogens is 1. The quantitative estimate of drug-likeness (QED) is 0.816. The molecule has 2 fully saturated rings. The molecule has 3 rings (SSSR count). The molecule has 114 valence electrons. The zero-order valence-electron chi connectivity index (χ0n) is 12.0. The number of carbonyl (C=O) groups excluding carboxylic acids is 1. The van der Waals surface area contributed by atoms with Crippen molar-refractivity contribution in [3.8, 4) is 0 Å². The molecule has 2 saturated heterocycles. The van der Waals surface area contributed by atoms with E-state index in [-0.39, 0.29) is 12.0 Å². The van der Waals surface area contributed by atoms with Crippen molar-refractivity contribution in [2.24, 2.45) is 0 Å². The number of pyridine rings is 1. The number of halogens is 1. The highest BCUT2D eigenvalue weighted by atomic mass is 79.9. The molecule has 1 amide bonds. The van der Waals surface area contributed by atoms with Crippen LogP contribution in [0, 0.1) is 0 Å². The van der Waals surface area contributed by atoms with Gasteiger partial charge in [-0.25, -0.2) is 4.98 Å². The van der Waals surface area contributed by atoms with E-state index < -0.39 is 0 Å². The van der Waals surface area contributed by atoms with Gasteiger partial charge in [0.2, 0.25) is 0 Å². The summed E-state index contributed by atoms with van der Waals surface area (Å²) in [6.45, 7) is 3.63. The summed E-state index contributed by atoms with van der Waals surface area (Å²) in [5.41, 5.74) is 0. The van der Waals surface area contributed by atoms with Gasteiger partial charge in [-0.05, 0) is 47.3 Å². The van der Waals surface area contributed by atoms with Crippen LogP contribution in [-0.4, -0.2) is 54.7 Å². The topological polar surface area (TPSA) is 45.7 Å². The third kappa shape index (κ3) is 3.37. The van der Waals surface area contributed by atoms with Crippen molar-refractivity contribution >= 4 is 27.7 Å². The Hall–Kier alpha value is -1.14. The van der Waals surface area contributed by atoms with Crippen molar-refractivity contribution in [2.75, 3.05) is 37.7 Å². The summed E-state index contributed by atoms with van der Waals surface area (Å²) < 4.78 is 6.66. The van der Waals surface area contributed by atoms with Gasteiger partial charge in [-0.3, -0.25) is 4.79 Å². The summed E-state index contributed by atoms with van der Waals surface area (Å²) in [7, 11) is 0. The Labute approximate surface area is 133 Å². The first kappa shape index (κ1) is 14.8. The summed E-state index contributed by atoms with van der Waals surface area (Å²) in [5, 5.41) is 0. The molecule has 0 aromatic carbocycles. The third-order valence-corrected chi connectivity index (χ3v) is 4.67. The fourth-order valence-electron chi connectivity index (χ4n) is 2.92. The van der Waals surface area contributed by atoms with Crippen molar-refractivity contribution in [1.29, 1.82) is 0 Å². The molecule has 1 unspecified atom stereocenters. The monoisotopic (exact) mass is 353 g/mol. The van der Waals surface area contributed by atoms with Gasteiger partial charge < -0.3 is 14.5 Å². The number of nitrogens with zero attached hydrogens (tertiary/aromatic N) is 3. The van der Waals surface area contributed by atoms with Gasteiger partial charge in [-0.2, -0.15) is 0 Å². The highest BCUT2D eigenvalue weighted by molar-refractivity contribution is 9.10. The molecule has 0 bridgehead atoms. The molecule has 6 heteroatoms. The first-order chi connectivity index (χ1) is 10.3. The Morgan fingerprint density at radius 1 is 1.29 bits per heavy atom. The second-order valence-electron chi connectivity index (χ2n) is 5.50. The highest BCUT2D eigenvalue weighted by Crippen LogP contribution is 2.25. The molecule has 0 saturated carbocycles. The standard InChI is InChI=1S/C15H20BrN3O2/c16-12-5-4-6-17-14(12)19-9-10-21-13(11-19)15(20)18-7-2-1-3-8-18/h4-6,13H,1-3,7-11H2. The van der Waals surface area contributed by atoms with Crippen LogP contribution in [0.15, 0.2) is 22.8 Å². The van der Waals surface area contributed by atoms with Crippen molar-refractivity contribution < 1.29 is 9.53 Å². The van der Waals surface area contributed by atoms with Gasteiger partial charge in [0.1, 0.15) is 5.82 Å². The molecule has 3 heterocycles. The average molecular weight is 354 g/mol. The van der Waals surface area contributed by atoms with Gasteiger partial charge in [0, 0.05) is 25.8 Å². The summed E-state index contributed by atoms with van der Waals surface area (Å²) in [4.78, 5) is 21.0. The molecule has 21 heavy (non-hydrogen) atoms. The van der Waals surface area contributed by atoms with Gasteiger partial charge in [0.05, 0.1) is 17.6 Å². The number of piperidine rings is 1. The zero-order chi connectivity index (χ0) is 14.7. The number of morpholine rings is 1. The molecular formula is C15H20BrN3O2. The van der Waals surface area contributed by atoms with E-state index in [9.17, 15) is 4.79 Å². The van der Waals surface area contributed by atoms with E-state index in [4.69, 9.17) is 4.74 Å². The van der Waals surface area contributed by atoms with Crippen molar-refractivity contribution in [2.45, 2.75) is 25.4 Å². The Morgan fingerprint density at radius 3 is 2.86 bits per heavy atom. The highest BCUT2D eigenvalue weighted by Gasteiger charge is 2.31. The lowest BCUT2D eigenvalue weighted by atomic mass is 10.1. The number of carbonyl (C=O) groups is 1. The average Bonchev–Trinajstić information content (AvgIpc) is 2.55. The zero-order valence-corrected chi connectivity index (χ0v) is 13.6. The molecule has 1 aromatic rings. The largest absolute Gasteiger partial charge is 0.365 e. The third-order valence-electron chi connectivity index (χ3n) is 4.05. The second-order valence-corrected chi connectivity index (χ2v) is 6.35. The minimum absolute atomic E-state index is 0.131. The van der Waals surface area contributed by atoms with Crippen LogP contribution < -0.4 is 4.90 Å². The predicted molar refractivity (Wildman–Crippen MR) is 84.3 cm³/mol. The van der Waals surface area contributed by atoms with Crippen LogP contribution in [-0.2, 0) is 9.53 Å². The van der Waals surface area contributed by atoms with E-state index in [1.807, 2.05) is 17.0 Å². The van der Waals surface area contributed by atoms with E-state index in [1.54, 1.807) is 6.20 Å². The summed E-state index contributed by atoms with van der Waals surface area (Å²) >= 11 is 3.53. The summed E-state index contributed by atoms with van der Waals surface area (Å²) in [6.07, 6.45) is 4.84. The van der Waals surface area contributed by atoms with E-state index >= 15 is 0 Å². The van der Waals surface area contributed by atoms with Crippen LogP contribution >= 0.6 is 15.9 Å². The van der Waals surface area contributed by atoms with Gasteiger partial charge in [-0.15, -0.1) is 0 Å². The maximum Gasteiger partial charge on any atom is 0.253 e. The van der Waals surface area contributed by atoms with Gasteiger partial charge in [0.25, 0.3) is 5.91 Å². The summed E-state index contributed by atoms with van der Waals surface area (Å²) in [5.74, 6) is 1.02. The van der Waals surface area contributed by atoms with Crippen LogP contribution in [0.2, 0.25) is 0 Å². The fourth-order valence-corrected chi connectivity index (χ4v) is 3.42. The number of hydrogen-bond donors (Lipinski definition) is 0. The number of rotatable bonds is 2. The Morgan fingerprint density at radius 2 is 2.10 bits per heavy atom. The van der Waals surface area contributed by atoms with E-state index in [0.29, 0.717) is 13.2 Å². The molecule has 5 nitrogen and oxygen atoms in total. The molecule has 0 N–H and O–H groups in total. The van der Waals surface area contributed by atoms with Crippen molar-refractivity contribution in [3.63, 3.8) is 0 Å². The van der Waals surface area contributed by atoms with Crippen LogP contribution in [0.3, 0.4) is 0 Å². The number of ether oxygens (including phenoxy) is 1. The van der Waals surface area contributed by atoms with Crippen LogP contribution in [0.4, 0.5) is 5.82 Å². The molecule has 1 aromatic heterocycles. The molecule has 0 radical (unpaired) electrons.